The van der Waals surface area contributed by atoms with Crippen LogP contribution >= 0.6 is 0 Å². The summed E-state index contributed by atoms with van der Waals surface area (Å²) in [4.78, 5) is 23.8. The fraction of sp³-hybridized carbons (Fsp3) is 0.467. The predicted molar refractivity (Wildman–Crippen MR) is 67.0 cm³/mol. The van der Waals surface area contributed by atoms with Crippen molar-refractivity contribution in [1.82, 2.24) is 0 Å². The van der Waals surface area contributed by atoms with Crippen LogP contribution in [0.3, 0.4) is 0 Å². The first kappa shape index (κ1) is 12.0. The summed E-state index contributed by atoms with van der Waals surface area (Å²) in [6.07, 6.45) is 5.14. The summed E-state index contributed by atoms with van der Waals surface area (Å²) in [5.74, 6) is 0.350. The fourth-order valence-corrected chi connectivity index (χ4v) is 2.41. The Morgan fingerprint density at radius 3 is 2.65 bits per heavy atom. The molecule has 2 nitrogen and oxygen atoms in total. The molecule has 2 rings (SSSR count). The third-order valence-corrected chi connectivity index (χ3v) is 3.46. The van der Waals surface area contributed by atoms with Gasteiger partial charge in [-0.15, -0.1) is 0 Å². The van der Waals surface area contributed by atoms with Crippen molar-refractivity contribution in [3.8, 4) is 0 Å². The minimum absolute atomic E-state index is 0.0368. The van der Waals surface area contributed by atoms with E-state index in [1.807, 2.05) is 30.3 Å². The number of carbonyl (C=O) groups excluding carboxylic acids is 2. The average molecular weight is 230 g/mol. The number of rotatable bonds is 3. The van der Waals surface area contributed by atoms with Crippen LogP contribution in [-0.4, -0.2) is 11.6 Å². The van der Waals surface area contributed by atoms with Crippen molar-refractivity contribution in [3.05, 3.63) is 35.9 Å². The number of Topliss-reactive ketones (excluding diaryl/α,β-unsaturated/α-hetero) is 2. The summed E-state index contributed by atoms with van der Waals surface area (Å²) in [7, 11) is 0. The lowest BCUT2D eigenvalue weighted by Gasteiger charge is -2.11. The molecule has 0 saturated heterocycles. The zero-order valence-corrected chi connectivity index (χ0v) is 10.0. The van der Waals surface area contributed by atoms with Crippen molar-refractivity contribution in [2.75, 3.05) is 0 Å². The Kier molecular flexibility index (Phi) is 4.08. The molecule has 0 aliphatic heterocycles. The van der Waals surface area contributed by atoms with Gasteiger partial charge in [0.2, 0.25) is 0 Å². The standard InChI is InChI=1S/C15H18O2/c16-14-10-6-2-5-9-13(14)11-15(17)12-7-3-1-4-8-12/h1,3-4,7-8,13H,2,5-6,9-11H2/t13-/m0/s1. The number of carbonyl (C=O) groups is 2. The molecule has 1 aliphatic carbocycles. The maximum absolute atomic E-state index is 12.0. The van der Waals surface area contributed by atoms with Gasteiger partial charge in [0.05, 0.1) is 0 Å². The van der Waals surface area contributed by atoms with E-state index in [9.17, 15) is 9.59 Å². The van der Waals surface area contributed by atoms with E-state index < -0.39 is 0 Å². The third kappa shape index (κ3) is 3.26. The van der Waals surface area contributed by atoms with Gasteiger partial charge in [-0.25, -0.2) is 0 Å². The second-order valence-electron chi connectivity index (χ2n) is 4.76. The van der Waals surface area contributed by atoms with E-state index in [0.717, 1.165) is 31.2 Å². The van der Waals surface area contributed by atoms with Crippen molar-refractivity contribution in [2.45, 2.75) is 38.5 Å². The molecule has 90 valence electrons. The minimum Gasteiger partial charge on any atom is -0.299 e. The zero-order valence-electron chi connectivity index (χ0n) is 10.0. The Morgan fingerprint density at radius 2 is 1.88 bits per heavy atom. The molecule has 0 bridgehead atoms. The van der Waals surface area contributed by atoms with E-state index in [1.54, 1.807) is 0 Å². The molecule has 2 heteroatoms. The Hall–Kier alpha value is -1.44. The molecule has 0 unspecified atom stereocenters. The lowest BCUT2D eigenvalue weighted by atomic mass is 9.91. The first-order valence-corrected chi connectivity index (χ1v) is 6.38. The van der Waals surface area contributed by atoms with Crippen molar-refractivity contribution in [2.24, 2.45) is 5.92 Å². The SMILES string of the molecule is O=C(C[C@@H]1CCCCCC1=O)c1ccccc1. The Labute approximate surface area is 102 Å². The van der Waals surface area contributed by atoms with Crippen LogP contribution in [0.15, 0.2) is 30.3 Å². The van der Waals surface area contributed by atoms with Crippen molar-refractivity contribution in [1.29, 1.82) is 0 Å². The molecule has 1 atom stereocenters. The first-order chi connectivity index (χ1) is 8.27. The van der Waals surface area contributed by atoms with Gasteiger partial charge in [0.1, 0.15) is 5.78 Å². The molecule has 17 heavy (non-hydrogen) atoms. The maximum atomic E-state index is 12.0. The second-order valence-corrected chi connectivity index (χ2v) is 4.76. The van der Waals surface area contributed by atoms with Gasteiger partial charge in [-0.3, -0.25) is 9.59 Å². The third-order valence-electron chi connectivity index (χ3n) is 3.46. The van der Waals surface area contributed by atoms with E-state index in [-0.39, 0.29) is 17.5 Å². The monoisotopic (exact) mass is 230 g/mol. The van der Waals surface area contributed by atoms with Gasteiger partial charge >= 0.3 is 0 Å². The van der Waals surface area contributed by atoms with Gasteiger partial charge in [0.25, 0.3) is 0 Å². The molecular formula is C15H18O2. The fourth-order valence-electron chi connectivity index (χ4n) is 2.41. The van der Waals surface area contributed by atoms with E-state index in [1.165, 1.54) is 0 Å². The van der Waals surface area contributed by atoms with Crippen molar-refractivity contribution < 1.29 is 9.59 Å². The van der Waals surface area contributed by atoms with Crippen LogP contribution in [0, 0.1) is 5.92 Å². The van der Waals surface area contributed by atoms with E-state index in [4.69, 9.17) is 0 Å². The van der Waals surface area contributed by atoms with Crippen LogP contribution in [0.1, 0.15) is 48.9 Å². The van der Waals surface area contributed by atoms with Crippen LogP contribution in [0.25, 0.3) is 0 Å². The second kappa shape index (κ2) is 5.76. The van der Waals surface area contributed by atoms with E-state index in [0.29, 0.717) is 12.8 Å². The summed E-state index contributed by atoms with van der Waals surface area (Å²) >= 11 is 0. The molecule has 0 heterocycles. The quantitative estimate of drug-likeness (QED) is 0.589. The minimum atomic E-state index is -0.0368. The van der Waals surface area contributed by atoms with Crippen molar-refractivity contribution >= 4 is 11.6 Å². The molecule has 1 aromatic rings. The number of hydrogen-bond acceptors (Lipinski definition) is 2. The topological polar surface area (TPSA) is 34.1 Å². The normalized spacial score (nSPS) is 20.9. The van der Waals surface area contributed by atoms with E-state index in [2.05, 4.69) is 0 Å². The highest BCUT2D eigenvalue weighted by atomic mass is 16.1. The lowest BCUT2D eigenvalue weighted by Crippen LogP contribution is -2.17. The van der Waals surface area contributed by atoms with Crippen LogP contribution in [-0.2, 0) is 4.79 Å². The van der Waals surface area contributed by atoms with Gasteiger partial charge in [-0.2, -0.15) is 0 Å². The zero-order chi connectivity index (χ0) is 12.1. The van der Waals surface area contributed by atoms with Crippen LogP contribution in [0.2, 0.25) is 0 Å². The van der Waals surface area contributed by atoms with Crippen molar-refractivity contribution in [3.63, 3.8) is 0 Å². The molecule has 1 saturated carbocycles. The Morgan fingerprint density at radius 1 is 1.12 bits per heavy atom. The molecule has 1 fully saturated rings. The molecular weight excluding hydrogens is 212 g/mol. The van der Waals surface area contributed by atoms with Crippen LogP contribution < -0.4 is 0 Å². The van der Waals surface area contributed by atoms with Gasteiger partial charge in [-0.05, 0) is 12.8 Å². The van der Waals surface area contributed by atoms with Crippen LogP contribution in [0.5, 0.6) is 0 Å². The Balaban J connectivity index is 2.00. The van der Waals surface area contributed by atoms with Gasteiger partial charge in [0, 0.05) is 24.3 Å². The number of ketones is 2. The Bertz CT molecular complexity index is 395. The summed E-state index contributed by atoms with van der Waals surface area (Å²) in [5.41, 5.74) is 0.726. The molecule has 0 amide bonds. The highest BCUT2D eigenvalue weighted by Gasteiger charge is 2.23. The molecule has 1 aliphatic rings. The van der Waals surface area contributed by atoms with Crippen LogP contribution in [0.4, 0.5) is 0 Å². The highest BCUT2D eigenvalue weighted by molar-refractivity contribution is 5.98. The predicted octanol–water partition coefficient (Wildman–Crippen LogP) is 3.41. The summed E-state index contributed by atoms with van der Waals surface area (Å²) in [6, 6.07) is 9.27. The summed E-state index contributed by atoms with van der Waals surface area (Å²) in [6.45, 7) is 0. The van der Waals surface area contributed by atoms with E-state index >= 15 is 0 Å². The highest BCUT2D eigenvalue weighted by Crippen LogP contribution is 2.24. The molecule has 0 aromatic heterocycles. The molecule has 0 N–H and O–H groups in total. The average Bonchev–Trinajstić information content (AvgIpc) is 2.56. The largest absolute Gasteiger partial charge is 0.299 e. The maximum Gasteiger partial charge on any atom is 0.163 e. The lowest BCUT2D eigenvalue weighted by molar-refractivity contribution is -0.122. The summed E-state index contributed by atoms with van der Waals surface area (Å²) < 4.78 is 0. The van der Waals surface area contributed by atoms with Gasteiger partial charge in [-0.1, -0.05) is 43.2 Å². The number of hydrogen-bond donors (Lipinski definition) is 0. The molecule has 0 radical (unpaired) electrons. The number of benzene rings is 1. The van der Waals surface area contributed by atoms with Gasteiger partial charge in [0.15, 0.2) is 5.78 Å². The molecule has 1 aromatic carbocycles. The first-order valence-electron chi connectivity index (χ1n) is 6.38. The smallest absolute Gasteiger partial charge is 0.163 e. The van der Waals surface area contributed by atoms with Gasteiger partial charge < -0.3 is 0 Å². The summed E-state index contributed by atoms with van der Waals surface area (Å²) in [5, 5.41) is 0. The molecule has 0 spiro atoms.